The second kappa shape index (κ2) is 7.64. The first kappa shape index (κ1) is 19.3. The quantitative estimate of drug-likeness (QED) is 0.512. The van der Waals surface area contributed by atoms with Crippen LogP contribution in [0, 0.1) is 15.5 Å². The molecule has 0 atom stereocenters. The van der Waals surface area contributed by atoms with Gasteiger partial charge in [0.25, 0.3) is 5.69 Å². The standard InChI is InChI=1S/C21H21N3O4/c1-21(2,3)20(25)23-18-15-10-7-11-22-19(15)17(12-16(18)24(26)27)28-13-14-8-5-4-6-9-14/h4-12H,13H2,1-3H3,(H,23,25). The molecule has 2 aromatic carbocycles. The van der Waals surface area contributed by atoms with Gasteiger partial charge in [-0.15, -0.1) is 0 Å². The molecule has 0 bridgehead atoms. The van der Waals surface area contributed by atoms with Gasteiger partial charge < -0.3 is 10.1 Å². The van der Waals surface area contributed by atoms with E-state index >= 15 is 0 Å². The lowest BCUT2D eigenvalue weighted by molar-refractivity contribution is -0.383. The summed E-state index contributed by atoms with van der Waals surface area (Å²) in [6, 6.07) is 14.2. The number of fused-ring (bicyclic) bond motifs is 1. The number of nitro groups is 1. The van der Waals surface area contributed by atoms with Gasteiger partial charge in [0.2, 0.25) is 5.91 Å². The van der Waals surface area contributed by atoms with Crippen LogP contribution in [-0.2, 0) is 11.4 Å². The Labute approximate surface area is 162 Å². The van der Waals surface area contributed by atoms with Gasteiger partial charge in [-0.2, -0.15) is 0 Å². The van der Waals surface area contributed by atoms with Crippen LogP contribution in [0.2, 0.25) is 0 Å². The first-order valence-electron chi connectivity index (χ1n) is 8.81. The average Bonchev–Trinajstić information content (AvgIpc) is 2.67. The average molecular weight is 379 g/mol. The highest BCUT2D eigenvalue weighted by molar-refractivity contribution is 6.07. The molecule has 144 valence electrons. The van der Waals surface area contributed by atoms with Gasteiger partial charge >= 0.3 is 0 Å². The van der Waals surface area contributed by atoms with E-state index in [1.807, 2.05) is 30.3 Å². The zero-order valence-corrected chi connectivity index (χ0v) is 15.9. The summed E-state index contributed by atoms with van der Waals surface area (Å²) >= 11 is 0. The van der Waals surface area contributed by atoms with Crippen molar-refractivity contribution < 1.29 is 14.5 Å². The van der Waals surface area contributed by atoms with E-state index < -0.39 is 10.3 Å². The molecular weight excluding hydrogens is 358 g/mol. The number of rotatable bonds is 5. The predicted molar refractivity (Wildman–Crippen MR) is 107 cm³/mol. The predicted octanol–water partition coefficient (Wildman–Crippen LogP) is 4.71. The van der Waals surface area contributed by atoms with E-state index in [0.29, 0.717) is 16.7 Å². The number of hydrogen-bond acceptors (Lipinski definition) is 5. The minimum Gasteiger partial charge on any atom is -0.486 e. The summed E-state index contributed by atoms with van der Waals surface area (Å²) in [5.41, 5.74) is 0.569. The molecule has 0 radical (unpaired) electrons. The van der Waals surface area contributed by atoms with Crippen LogP contribution in [-0.4, -0.2) is 15.8 Å². The van der Waals surface area contributed by atoms with Gasteiger partial charge in [0, 0.05) is 17.0 Å². The molecule has 1 amide bonds. The van der Waals surface area contributed by atoms with Crippen LogP contribution >= 0.6 is 0 Å². The fourth-order valence-electron chi connectivity index (χ4n) is 2.63. The number of anilines is 1. The van der Waals surface area contributed by atoms with Crippen molar-refractivity contribution in [2.24, 2.45) is 5.41 Å². The molecule has 0 aliphatic heterocycles. The molecule has 0 aliphatic carbocycles. The summed E-state index contributed by atoms with van der Waals surface area (Å²) in [6.45, 7) is 5.47. The van der Waals surface area contributed by atoms with E-state index in [1.165, 1.54) is 6.07 Å². The normalized spacial score (nSPS) is 11.2. The molecular formula is C21H21N3O4. The van der Waals surface area contributed by atoms with Crippen molar-refractivity contribution in [3.63, 3.8) is 0 Å². The van der Waals surface area contributed by atoms with Crippen LogP contribution in [0.25, 0.3) is 10.9 Å². The topological polar surface area (TPSA) is 94.4 Å². The molecule has 0 spiro atoms. The van der Waals surface area contributed by atoms with E-state index in [-0.39, 0.29) is 23.9 Å². The summed E-state index contributed by atoms with van der Waals surface area (Å²) in [7, 11) is 0. The second-order valence-corrected chi connectivity index (χ2v) is 7.40. The van der Waals surface area contributed by atoms with Crippen LogP contribution in [0.5, 0.6) is 5.75 Å². The van der Waals surface area contributed by atoms with E-state index in [9.17, 15) is 14.9 Å². The number of nitrogens with zero attached hydrogens (tertiary/aromatic N) is 2. The van der Waals surface area contributed by atoms with Crippen molar-refractivity contribution in [1.29, 1.82) is 0 Å². The Morgan fingerprint density at radius 1 is 1.18 bits per heavy atom. The molecule has 0 saturated carbocycles. The number of carbonyl (C=O) groups excluding carboxylic acids is 1. The Hall–Kier alpha value is -3.48. The number of aromatic nitrogens is 1. The minimum absolute atomic E-state index is 0.125. The third kappa shape index (κ3) is 4.09. The molecule has 3 aromatic rings. The summed E-state index contributed by atoms with van der Waals surface area (Å²) < 4.78 is 5.84. The third-order valence-corrected chi connectivity index (χ3v) is 4.19. The van der Waals surface area contributed by atoms with Gasteiger partial charge in [-0.05, 0) is 17.7 Å². The van der Waals surface area contributed by atoms with Crippen LogP contribution in [0.4, 0.5) is 11.4 Å². The molecule has 1 aromatic heterocycles. The van der Waals surface area contributed by atoms with Crippen LogP contribution < -0.4 is 10.1 Å². The van der Waals surface area contributed by atoms with Crippen molar-refractivity contribution in [2.75, 3.05) is 5.32 Å². The van der Waals surface area contributed by atoms with Crippen LogP contribution in [0.1, 0.15) is 26.3 Å². The second-order valence-electron chi connectivity index (χ2n) is 7.40. The number of benzene rings is 2. The monoisotopic (exact) mass is 379 g/mol. The maximum absolute atomic E-state index is 12.5. The van der Waals surface area contributed by atoms with Crippen molar-refractivity contribution in [3.8, 4) is 5.75 Å². The van der Waals surface area contributed by atoms with E-state index in [2.05, 4.69) is 10.3 Å². The Morgan fingerprint density at radius 3 is 2.54 bits per heavy atom. The molecule has 3 rings (SSSR count). The van der Waals surface area contributed by atoms with E-state index in [4.69, 9.17) is 4.74 Å². The zero-order valence-electron chi connectivity index (χ0n) is 15.9. The first-order valence-corrected chi connectivity index (χ1v) is 8.81. The highest BCUT2D eigenvalue weighted by Crippen LogP contribution is 2.39. The number of carbonyl (C=O) groups is 1. The highest BCUT2D eigenvalue weighted by Gasteiger charge is 2.28. The van der Waals surface area contributed by atoms with Crippen molar-refractivity contribution in [2.45, 2.75) is 27.4 Å². The molecule has 7 heteroatoms. The van der Waals surface area contributed by atoms with E-state index in [0.717, 1.165) is 5.56 Å². The molecule has 0 aliphatic rings. The lowest BCUT2D eigenvalue weighted by Crippen LogP contribution is -2.28. The number of hydrogen-bond donors (Lipinski definition) is 1. The van der Waals surface area contributed by atoms with Gasteiger partial charge in [0.1, 0.15) is 17.8 Å². The fourth-order valence-corrected chi connectivity index (χ4v) is 2.63. The van der Waals surface area contributed by atoms with Crippen molar-refractivity contribution >= 4 is 28.2 Å². The Balaban J connectivity index is 2.08. The summed E-state index contributed by atoms with van der Waals surface area (Å²) in [6.07, 6.45) is 1.58. The smallest absolute Gasteiger partial charge is 0.297 e. The van der Waals surface area contributed by atoms with Gasteiger partial charge in [-0.25, -0.2) is 0 Å². The first-order chi connectivity index (χ1) is 13.3. The fraction of sp³-hybridized carbons (Fsp3) is 0.238. The Morgan fingerprint density at radius 2 is 1.89 bits per heavy atom. The van der Waals surface area contributed by atoms with Gasteiger partial charge in [-0.1, -0.05) is 51.1 Å². The molecule has 0 fully saturated rings. The third-order valence-electron chi connectivity index (χ3n) is 4.19. The van der Waals surface area contributed by atoms with Crippen molar-refractivity contribution in [3.05, 3.63) is 70.4 Å². The Bertz CT molecular complexity index is 1030. The molecule has 0 unspecified atom stereocenters. The number of ether oxygens (including phenoxy) is 1. The number of nitrogens with one attached hydrogen (secondary N) is 1. The molecule has 1 heterocycles. The minimum atomic E-state index is -0.703. The molecule has 0 saturated heterocycles. The largest absolute Gasteiger partial charge is 0.486 e. The van der Waals surface area contributed by atoms with Crippen LogP contribution in [0.3, 0.4) is 0 Å². The van der Waals surface area contributed by atoms with Gasteiger partial charge in [0.05, 0.1) is 11.0 Å². The van der Waals surface area contributed by atoms with Crippen LogP contribution in [0.15, 0.2) is 54.7 Å². The Kier molecular flexibility index (Phi) is 5.26. The zero-order chi connectivity index (χ0) is 20.3. The van der Waals surface area contributed by atoms with Gasteiger partial charge in [0.15, 0.2) is 5.75 Å². The summed E-state index contributed by atoms with van der Waals surface area (Å²) in [5.74, 6) is -0.0291. The van der Waals surface area contributed by atoms with Crippen molar-refractivity contribution in [1.82, 2.24) is 4.98 Å². The molecule has 1 N–H and O–H groups in total. The summed E-state index contributed by atoms with van der Waals surface area (Å²) in [5, 5.41) is 14.9. The lowest BCUT2D eigenvalue weighted by atomic mass is 9.95. The maximum Gasteiger partial charge on any atom is 0.297 e. The molecule has 28 heavy (non-hydrogen) atoms. The maximum atomic E-state index is 12.5. The number of pyridine rings is 1. The summed E-state index contributed by atoms with van der Waals surface area (Å²) in [4.78, 5) is 28.0. The number of nitro benzene ring substituents is 1. The number of amides is 1. The molecule has 7 nitrogen and oxygen atoms in total. The lowest BCUT2D eigenvalue weighted by Gasteiger charge is -2.19. The highest BCUT2D eigenvalue weighted by atomic mass is 16.6. The van der Waals surface area contributed by atoms with E-state index in [1.54, 1.807) is 39.1 Å². The SMILES string of the molecule is CC(C)(C)C(=O)Nc1c([N+](=O)[O-])cc(OCc2ccccc2)c2ncccc12. The van der Waals surface area contributed by atoms with Gasteiger partial charge in [-0.3, -0.25) is 19.9 Å².